The highest BCUT2D eigenvalue weighted by Gasteiger charge is 2.80. The number of hydrogen-bond donors (Lipinski definition) is 1. The van der Waals surface area contributed by atoms with E-state index in [1.165, 1.54) is 6.08 Å². The van der Waals surface area contributed by atoms with Crippen LogP contribution in [0.25, 0.3) is 0 Å². The highest BCUT2D eigenvalue weighted by molar-refractivity contribution is 5.89. The molecule has 2 heterocycles. The summed E-state index contributed by atoms with van der Waals surface area (Å²) >= 11 is 0. The van der Waals surface area contributed by atoms with Gasteiger partial charge in [-0.3, -0.25) is 5.41 Å². The number of rotatable bonds is 1. The van der Waals surface area contributed by atoms with Crippen molar-refractivity contribution in [2.24, 2.45) is 28.1 Å². The molecule has 5 unspecified atom stereocenters. The predicted octanol–water partition coefficient (Wildman–Crippen LogP) is 3.28. The van der Waals surface area contributed by atoms with E-state index in [0.717, 1.165) is 6.42 Å². The third-order valence-corrected chi connectivity index (χ3v) is 6.39. The van der Waals surface area contributed by atoms with Crippen molar-refractivity contribution in [2.75, 3.05) is 0 Å². The molecule has 0 spiro atoms. The van der Waals surface area contributed by atoms with Gasteiger partial charge in [0.2, 0.25) is 17.1 Å². The van der Waals surface area contributed by atoms with Crippen LogP contribution in [-0.4, -0.2) is 17.8 Å². The maximum atomic E-state index is 10.1. The number of nitrogens with zero attached hydrogens (tertiary/aromatic N) is 3. The van der Waals surface area contributed by atoms with Crippen LogP contribution in [0.2, 0.25) is 0 Å². The monoisotopic (exact) mass is 338 g/mol. The summed E-state index contributed by atoms with van der Waals surface area (Å²) in [6.45, 7) is 10.1. The summed E-state index contributed by atoms with van der Waals surface area (Å²) in [5.41, 5.74) is -3.47. The van der Waals surface area contributed by atoms with E-state index in [1.807, 2.05) is 12.1 Å². The minimum atomic E-state index is -1.84. The maximum absolute atomic E-state index is 10.1. The summed E-state index contributed by atoms with van der Waals surface area (Å²) in [5, 5.41) is 38.3. The molecule has 2 aliphatic heterocycles. The van der Waals surface area contributed by atoms with Gasteiger partial charge in [-0.15, -0.1) is 6.58 Å². The summed E-state index contributed by atoms with van der Waals surface area (Å²) in [5.74, 6) is -1.68. The highest BCUT2D eigenvalue weighted by Crippen LogP contribution is 2.67. The van der Waals surface area contributed by atoms with Crippen LogP contribution in [0, 0.1) is 67.5 Å². The molecule has 130 valence electrons. The Kier molecular flexibility index (Phi) is 3.54. The standard InChI is InChI=1S/C19H22N4O2/c1-5-14-17(9-20,10-21)18(11-22)13-8-12(16(2,3)4)6-7-19(13,24-14)25-15(18)23/h5,12-14,23H,1,6-8H2,2-4H3. The zero-order valence-electron chi connectivity index (χ0n) is 14.8. The number of ether oxygens (including phenoxy) is 2. The Balaban J connectivity index is 2.23. The largest absolute Gasteiger partial charge is 0.447 e. The third-order valence-electron chi connectivity index (χ3n) is 6.39. The molecular formula is C19H22N4O2. The summed E-state index contributed by atoms with van der Waals surface area (Å²) in [6.07, 6.45) is 2.35. The topological polar surface area (TPSA) is 114 Å². The zero-order chi connectivity index (χ0) is 18.7. The molecule has 0 amide bonds. The quantitative estimate of drug-likeness (QED) is 0.737. The molecule has 2 saturated heterocycles. The smallest absolute Gasteiger partial charge is 0.217 e. The fourth-order valence-corrected chi connectivity index (χ4v) is 4.88. The molecule has 0 aromatic heterocycles. The van der Waals surface area contributed by atoms with Gasteiger partial charge in [-0.05, 0) is 24.2 Å². The lowest BCUT2D eigenvalue weighted by Crippen LogP contribution is -2.63. The summed E-state index contributed by atoms with van der Waals surface area (Å²) < 4.78 is 11.9. The molecule has 3 aliphatic rings. The van der Waals surface area contributed by atoms with E-state index >= 15 is 0 Å². The lowest BCUT2D eigenvalue weighted by Gasteiger charge is -2.53. The van der Waals surface area contributed by atoms with E-state index in [9.17, 15) is 15.8 Å². The first-order valence-electron chi connectivity index (χ1n) is 8.49. The number of nitriles is 3. The Bertz CT molecular complexity index is 748. The minimum absolute atomic E-state index is 0.0110. The minimum Gasteiger partial charge on any atom is -0.447 e. The van der Waals surface area contributed by atoms with E-state index in [2.05, 4.69) is 33.4 Å². The predicted molar refractivity (Wildman–Crippen MR) is 88.6 cm³/mol. The second-order valence-electron chi connectivity index (χ2n) is 8.36. The second-order valence-corrected chi connectivity index (χ2v) is 8.36. The van der Waals surface area contributed by atoms with Gasteiger partial charge in [0.05, 0.1) is 24.1 Å². The van der Waals surface area contributed by atoms with Gasteiger partial charge in [-0.25, -0.2) is 0 Å². The lowest BCUT2D eigenvalue weighted by atomic mass is 9.50. The van der Waals surface area contributed by atoms with Gasteiger partial charge < -0.3 is 9.47 Å². The third kappa shape index (κ3) is 1.82. The molecule has 1 saturated carbocycles. The maximum Gasteiger partial charge on any atom is 0.217 e. The van der Waals surface area contributed by atoms with Crippen LogP contribution in [0.1, 0.15) is 40.0 Å². The Hall–Kier alpha value is -2.36. The summed E-state index contributed by atoms with van der Waals surface area (Å²) in [6, 6.07) is 6.16. The van der Waals surface area contributed by atoms with Crippen LogP contribution in [0.3, 0.4) is 0 Å². The van der Waals surface area contributed by atoms with E-state index in [4.69, 9.17) is 14.9 Å². The van der Waals surface area contributed by atoms with Crippen molar-refractivity contribution < 1.29 is 9.47 Å². The normalized spacial score (nSPS) is 41.4. The van der Waals surface area contributed by atoms with E-state index in [-0.39, 0.29) is 17.2 Å². The van der Waals surface area contributed by atoms with Gasteiger partial charge >= 0.3 is 0 Å². The highest BCUT2D eigenvalue weighted by atomic mass is 16.7. The van der Waals surface area contributed by atoms with Crippen LogP contribution in [0.15, 0.2) is 12.7 Å². The molecule has 5 atom stereocenters. The van der Waals surface area contributed by atoms with E-state index in [0.29, 0.717) is 12.8 Å². The van der Waals surface area contributed by atoms with Gasteiger partial charge in [-0.2, -0.15) is 15.8 Å². The van der Waals surface area contributed by atoms with E-state index in [1.54, 1.807) is 0 Å². The molecular weight excluding hydrogens is 316 g/mol. The van der Waals surface area contributed by atoms with Crippen LogP contribution < -0.4 is 0 Å². The molecule has 25 heavy (non-hydrogen) atoms. The number of hydrogen-bond acceptors (Lipinski definition) is 6. The van der Waals surface area contributed by atoms with Gasteiger partial charge in [0.15, 0.2) is 5.41 Å². The van der Waals surface area contributed by atoms with Crippen molar-refractivity contribution in [3.05, 3.63) is 12.7 Å². The first-order valence-corrected chi connectivity index (χ1v) is 8.49. The van der Waals surface area contributed by atoms with Crippen molar-refractivity contribution >= 4 is 5.90 Å². The molecule has 0 aromatic rings. The van der Waals surface area contributed by atoms with Crippen molar-refractivity contribution in [3.63, 3.8) is 0 Å². The van der Waals surface area contributed by atoms with Crippen LogP contribution in [-0.2, 0) is 9.47 Å². The molecule has 6 nitrogen and oxygen atoms in total. The van der Waals surface area contributed by atoms with Gasteiger partial charge in [-0.1, -0.05) is 26.8 Å². The van der Waals surface area contributed by atoms with Crippen molar-refractivity contribution in [3.8, 4) is 18.2 Å². The molecule has 3 fully saturated rings. The first kappa shape index (κ1) is 17.5. The first-order chi connectivity index (χ1) is 11.7. The average Bonchev–Trinajstić information content (AvgIpc) is 2.78. The van der Waals surface area contributed by atoms with Crippen LogP contribution >= 0.6 is 0 Å². The van der Waals surface area contributed by atoms with Crippen molar-refractivity contribution in [1.29, 1.82) is 21.2 Å². The Morgan fingerprint density at radius 1 is 1.24 bits per heavy atom. The summed E-state index contributed by atoms with van der Waals surface area (Å²) in [4.78, 5) is 0. The van der Waals surface area contributed by atoms with Crippen LogP contribution in [0.5, 0.6) is 0 Å². The SMILES string of the molecule is C=CC1OC23CCC(C(C)(C)C)CC2C(C#N)(C(=N)O3)C1(C#N)C#N. The Morgan fingerprint density at radius 3 is 2.36 bits per heavy atom. The van der Waals surface area contributed by atoms with Gasteiger partial charge in [0.1, 0.15) is 6.10 Å². The zero-order valence-corrected chi connectivity index (χ0v) is 14.8. The Morgan fingerprint density at radius 2 is 1.88 bits per heavy atom. The van der Waals surface area contributed by atoms with Crippen LogP contribution in [0.4, 0.5) is 0 Å². The molecule has 2 bridgehead atoms. The van der Waals surface area contributed by atoms with Crippen molar-refractivity contribution in [2.45, 2.75) is 51.9 Å². The van der Waals surface area contributed by atoms with Gasteiger partial charge in [0, 0.05) is 6.42 Å². The second kappa shape index (κ2) is 5.07. The van der Waals surface area contributed by atoms with Crippen molar-refractivity contribution in [1.82, 2.24) is 0 Å². The molecule has 0 radical (unpaired) electrons. The number of nitrogens with one attached hydrogen (secondary N) is 1. The molecule has 1 N–H and O–H groups in total. The lowest BCUT2D eigenvalue weighted by molar-refractivity contribution is -0.288. The summed E-state index contributed by atoms with van der Waals surface area (Å²) in [7, 11) is 0. The molecule has 6 heteroatoms. The molecule has 1 aliphatic carbocycles. The Labute approximate surface area is 148 Å². The van der Waals surface area contributed by atoms with E-state index < -0.39 is 28.6 Å². The fraction of sp³-hybridized carbons (Fsp3) is 0.684. The molecule has 0 aromatic carbocycles. The molecule has 3 rings (SSSR count). The average molecular weight is 338 g/mol. The fourth-order valence-electron chi connectivity index (χ4n) is 4.88. The van der Waals surface area contributed by atoms with Gasteiger partial charge in [0.25, 0.3) is 0 Å².